The van der Waals surface area contributed by atoms with Gasteiger partial charge < -0.3 is 20.7 Å². The lowest BCUT2D eigenvalue weighted by Gasteiger charge is -2.30. The maximum Gasteiger partial charge on any atom is 0.193 e. The van der Waals surface area contributed by atoms with E-state index in [2.05, 4.69) is 57.7 Å². The Bertz CT molecular complexity index is 796. The lowest BCUT2D eigenvalue weighted by Crippen LogP contribution is -2.36. The molecule has 2 aromatic rings. The molecule has 26 heavy (non-hydrogen) atoms. The van der Waals surface area contributed by atoms with E-state index in [0.717, 1.165) is 38.4 Å². The first-order valence-electron chi connectivity index (χ1n) is 9.39. The Hall–Kier alpha value is -2.53. The summed E-state index contributed by atoms with van der Waals surface area (Å²) in [5.74, 6) is 0.458. The number of fused-ring (bicyclic) bond motifs is 1. The van der Waals surface area contributed by atoms with Crippen LogP contribution >= 0.6 is 0 Å². The van der Waals surface area contributed by atoms with Crippen LogP contribution in [0.15, 0.2) is 47.5 Å². The first-order chi connectivity index (χ1) is 12.8. The maximum absolute atomic E-state index is 6.13. The number of aryl methyl sites for hydroxylation is 2. The van der Waals surface area contributed by atoms with E-state index in [4.69, 9.17) is 10.5 Å². The second-order valence-electron chi connectivity index (χ2n) is 6.89. The average molecular weight is 350 g/mol. The Labute approximate surface area is 154 Å². The van der Waals surface area contributed by atoms with E-state index < -0.39 is 0 Å². The van der Waals surface area contributed by atoms with E-state index in [9.17, 15) is 0 Å². The number of benzene rings is 2. The zero-order valence-electron chi connectivity index (χ0n) is 15.1. The van der Waals surface area contributed by atoms with Gasteiger partial charge in [-0.05, 0) is 54.2 Å². The van der Waals surface area contributed by atoms with Gasteiger partial charge in [0.2, 0.25) is 0 Å². The zero-order chi connectivity index (χ0) is 17.8. The number of morpholine rings is 1. The molecule has 0 amide bonds. The van der Waals surface area contributed by atoms with Gasteiger partial charge in [0.25, 0.3) is 0 Å². The van der Waals surface area contributed by atoms with Crippen LogP contribution in [0.5, 0.6) is 0 Å². The first kappa shape index (κ1) is 16.9. The van der Waals surface area contributed by atoms with Gasteiger partial charge in [0, 0.05) is 24.5 Å². The molecule has 3 N–H and O–H groups in total. The highest BCUT2D eigenvalue weighted by molar-refractivity contribution is 5.92. The number of anilines is 2. The Morgan fingerprint density at radius 1 is 1.08 bits per heavy atom. The molecule has 2 aromatic carbocycles. The molecule has 1 aliphatic carbocycles. The molecule has 5 heteroatoms. The highest BCUT2D eigenvalue weighted by Crippen LogP contribution is 2.25. The summed E-state index contributed by atoms with van der Waals surface area (Å²) in [6.45, 7) is 3.96. The minimum absolute atomic E-state index is 0.458. The number of hydrogen-bond acceptors (Lipinski definition) is 3. The topological polar surface area (TPSA) is 62.9 Å². The standard InChI is InChI=1S/C21H26N4O/c22-21(24-19-9-8-16-5-3-6-17(16)14-19)23-15-18-4-1-2-7-20(18)25-10-12-26-13-11-25/h1-2,4,7-9,14H,3,5-6,10-13,15H2,(H3,22,23,24). The van der Waals surface area contributed by atoms with Gasteiger partial charge in [-0.15, -0.1) is 0 Å². The van der Waals surface area contributed by atoms with Crippen molar-refractivity contribution in [2.75, 3.05) is 36.5 Å². The molecule has 0 saturated carbocycles. The third kappa shape index (κ3) is 3.83. The van der Waals surface area contributed by atoms with Crippen molar-refractivity contribution in [3.05, 3.63) is 59.2 Å². The molecule has 0 unspecified atom stereocenters. The molecule has 2 aliphatic rings. The molecule has 1 aliphatic heterocycles. The van der Waals surface area contributed by atoms with Crippen LogP contribution in [0, 0.1) is 0 Å². The van der Waals surface area contributed by atoms with Crippen LogP contribution in [0.1, 0.15) is 23.1 Å². The molecule has 1 heterocycles. The van der Waals surface area contributed by atoms with Gasteiger partial charge in [-0.2, -0.15) is 0 Å². The molecule has 0 atom stereocenters. The summed E-state index contributed by atoms with van der Waals surface area (Å²) < 4.78 is 5.46. The van der Waals surface area contributed by atoms with Crippen molar-refractivity contribution in [1.82, 2.24) is 0 Å². The van der Waals surface area contributed by atoms with Crippen molar-refractivity contribution in [2.45, 2.75) is 25.8 Å². The Morgan fingerprint density at radius 3 is 2.77 bits per heavy atom. The quantitative estimate of drug-likeness (QED) is 0.657. The van der Waals surface area contributed by atoms with Crippen molar-refractivity contribution >= 4 is 17.3 Å². The third-order valence-corrected chi connectivity index (χ3v) is 5.13. The van der Waals surface area contributed by atoms with Crippen molar-refractivity contribution in [1.29, 1.82) is 0 Å². The zero-order valence-corrected chi connectivity index (χ0v) is 15.1. The highest BCUT2D eigenvalue weighted by atomic mass is 16.5. The number of ether oxygens (including phenoxy) is 1. The normalized spacial score (nSPS) is 17.2. The number of nitrogens with one attached hydrogen (secondary N) is 1. The number of aliphatic imine (C=N–C) groups is 1. The van der Waals surface area contributed by atoms with Crippen LogP contribution in [0.4, 0.5) is 11.4 Å². The first-order valence-corrected chi connectivity index (χ1v) is 9.39. The maximum atomic E-state index is 6.13. The van der Waals surface area contributed by atoms with Gasteiger partial charge in [0.1, 0.15) is 0 Å². The van der Waals surface area contributed by atoms with Gasteiger partial charge in [-0.1, -0.05) is 24.3 Å². The number of nitrogens with zero attached hydrogens (tertiary/aromatic N) is 2. The van der Waals surface area contributed by atoms with E-state index >= 15 is 0 Å². The van der Waals surface area contributed by atoms with Crippen LogP contribution in [0.3, 0.4) is 0 Å². The second kappa shape index (κ2) is 7.79. The fraction of sp³-hybridized carbons (Fsp3) is 0.381. The fourth-order valence-electron chi connectivity index (χ4n) is 3.76. The Morgan fingerprint density at radius 2 is 1.88 bits per heavy atom. The highest BCUT2D eigenvalue weighted by Gasteiger charge is 2.14. The van der Waals surface area contributed by atoms with Crippen molar-refractivity contribution in [3.63, 3.8) is 0 Å². The van der Waals surface area contributed by atoms with E-state index in [1.807, 2.05) is 0 Å². The Kier molecular flexibility index (Phi) is 5.07. The predicted octanol–water partition coefficient (Wildman–Crippen LogP) is 2.94. The summed E-state index contributed by atoms with van der Waals surface area (Å²) in [4.78, 5) is 6.92. The summed E-state index contributed by atoms with van der Waals surface area (Å²) in [6, 6.07) is 14.9. The van der Waals surface area contributed by atoms with Crippen LogP contribution < -0.4 is 16.0 Å². The summed E-state index contributed by atoms with van der Waals surface area (Å²) in [6.07, 6.45) is 3.60. The second-order valence-corrected chi connectivity index (χ2v) is 6.89. The van der Waals surface area contributed by atoms with Gasteiger partial charge in [-0.3, -0.25) is 0 Å². The van der Waals surface area contributed by atoms with Crippen molar-refractivity contribution < 1.29 is 4.74 Å². The predicted molar refractivity (Wildman–Crippen MR) is 107 cm³/mol. The molecular weight excluding hydrogens is 324 g/mol. The van der Waals surface area contributed by atoms with E-state index in [1.165, 1.54) is 35.2 Å². The summed E-state index contributed by atoms with van der Waals surface area (Å²) in [5.41, 5.74) is 12.5. The van der Waals surface area contributed by atoms with E-state index in [-0.39, 0.29) is 0 Å². The molecule has 0 spiro atoms. The van der Waals surface area contributed by atoms with Crippen LogP contribution in [0.25, 0.3) is 0 Å². The van der Waals surface area contributed by atoms with Crippen LogP contribution in [0.2, 0.25) is 0 Å². The SMILES string of the molecule is NC(=NCc1ccccc1N1CCOCC1)Nc1ccc2c(c1)CCC2. The monoisotopic (exact) mass is 350 g/mol. The fourth-order valence-corrected chi connectivity index (χ4v) is 3.76. The summed E-state index contributed by atoms with van der Waals surface area (Å²) >= 11 is 0. The number of hydrogen-bond donors (Lipinski definition) is 2. The molecule has 1 fully saturated rings. The average Bonchev–Trinajstić information content (AvgIpc) is 3.15. The van der Waals surface area contributed by atoms with Gasteiger partial charge >= 0.3 is 0 Å². The Balaban J connectivity index is 1.44. The van der Waals surface area contributed by atoms with Crippen molar-refractivity contribution in [3.8, 4) is 0 Å². The number of para-hydroxylation sites is 1. The summed E-state index contributed by atoms with van der Waals surface area (Å²) in [5, 5.41) is 3.24. The van der Waals surface area contributed by atoms with E-state index in [0.29, 0.717) is 12.5 Å². The van der Waals surface area contributed by atoms with Gasteiger partial charge in [0.15, 0.2) is 5.96 Å². The van der Waals surface area contributed by atoms with Crippen molar-refractivity contribution in [2.24, 2.45) is 10.7 Å². The number of guanidine groups is 1. The molecule has 4 rings (SSSR count). The molecule has 1 saturated heterocycles. The van der Waals surface area contributed by atoms with Crippen LogP contribution in [-0.2, 0) is 24.1 Å². The molecule has 0 aromatic heterocycles. The van der Waals surface area contributed by atoms with Gasteiger partial charge in [-0.25, -0.2) is 4.99 Å². The minimum Gasteiger partial charge on any atom is -0.378 e. The van der Waals surface area contributed by atoms with Crippen LogP contribution in [-0.4, -0.2) is 32.3 Å². The molecular formula is C21H26N4O. The third-order valence-electron chi connectivity index (χ3n) is 5.13. The van der Waals surface area contributed by atoms with E-state index in [1.54, 1.807) is 0 Å². The largest absolute Gasteiger partial charge is 0.378 e. The molecule has 136 valence electrons. The lowest BCUT2D eigenvalue weighted by atomic mass is 10.1. The molecule has 5 nitrogen and oxygen atoms in total. The lowest BCUT2D eigenvalue weighted by molar-refractivity contribution is 0.122. The molecule has 0 bridgehead atoms. The smallest absolute Gasteiger partial charge is 0.193 e. The minimum atomic E-state index is 0.458. The molecule has 0 radical (unpaired) electrons. The summed E-state index contributed by atoms with van der Waals surface area (Å²) in [7, 11) is 0. The number of rotatable bonds is 4. The number of nitrogens with two attached hydrogens (primary N) is 1. The van der Waals surface area contributed by atoms with Gasteiger partial charge in [0.05, 0.1) is 19.8 Å².